The van der Waals surface area contributed by atoms with E-state index in [2.05, 4.69) is 25.8 Å². The minimum absolute atomic E-state index is 0.478. The summed E-state index contributed by atoms with van der Waals surface area (Å²) in [6, 6.07) is 0.478. The summed E-state index contributed by atoms with van der Waals surface area (Å²) in [5, 5.41) is 19.8. The zero-order chi connectivity index (χ0) is 11.7. The van der Waals surface area contributed by atoms with Gasteiger partial charge in [-0.2, -0.15) is 0 Å². The number of alkyl halides is 1. The Hall–Kier alpha value is -1.50. The Balaban J connectivity index is 1.74. The van der Waals surface area contributed by atoms with Crippen LogP contribution in [0.3, 0.4) is 0 Å². The molecule has 2 heterocycles. The molecule has 2 aromatic rings. The number of hydrogen-bond donors (Lipinski definition) is 0. The first-order valence-electron chi connectivity index (χ1n) is 5.58. The summed E-state index contributed by atoms with van der Waals surface area (Å²) in [6.45, 7) is 0.554. The molecule has 0 spiro atoms. The van der Waals surface area contributed by atoms with Crippen molar-refractivity contribution in [2.24, 2.45) is 0 Å². The Labute approximate surface area is 103 Å². The van der Waals surface area contributed by atoms with Gasteiger partial charge in [-0.15, -0.1) is 21.8 Å². The van der Waals surface area contributed by atoms with E-state index in [1.54, 1.807) is 4.68 Å². The van der Waals surface area contributed by atoms with Gasteiger partial charge < -0.3 is 0 Å². The van der Waals surface area contributed by atoms with Crippen molar-refractivity contribution in [3.63, 3.8) is 0 Å². The summed E-state index contributed by atoms with van der Waals surface area (Å²) >= 11 is 5.65. The van der Waals surface area contributed by atoms with Crippen LogP contribution < -0.4 is 0 Å². The molecule has 0 saturated heterocycles. The normalized spacial score (nSPS) is 15.4. The predicted molar refractivity (Wildman–Crippen MR) is 59.6 cm³/mol. The molecule has 0 bridgehead atoms. The largest absolute Gasteiger partial charge is 0.245 e. The van der Waals surface area contributed by atoms with Crippen molar-refractivity contribution in [2.75, 3.05) is 5.88 Å². The fraction of sp³-hybridized carbons (Fsp3) is 0.667. The maximum absolute atomic E-state index is 5.65. The molecular formula is C9H12ClN7. The van der Waals surface area contributed by atoms with E-state index in [0.717, 1.165) is 30.8 Å². The molecule has 0 unspecified atom stereocenters. The molecule has 90 valence electrons. The lowest BCUT2D eigenvalue weighted by Crippen LogP contribution is -2.09. The predicted octanol–water partition coefficient (Wildman–Crippen LogP) is 0.429. The lowest BCUT2D eigenvalue weighted by molar-refractivity contribution is 0.543. The number of hydrogen-bond acceptors (Lipinski definition) is 5. The van der Waals surface area contributed by atoms with Crippen LogP contribution in [0.5, 0.6) is 0 Å². The zero-order valence-electron chi connectivity index (χ0n) is 9.20. The fourth-order valence-corrected chi connectivity index (χ4v) is 1.88. The number of rotatable bonds is 5. The van der Waals surface area contributed by atoms with E-state index in [-0.39, 0.29) is 0 Å². The van der Waals surface area contributed by atoms with Crippen LogP contribution in [0.15, 0.2) is 6.20 Å². The quantitative estimate of drug-likeness (QED) is 0.723. The van der Waals surface area contributed by atoms with Crippen molar-refractivity contribution in [2.45, 2.75) is 31.8 Å². The second kappa shape index (κ2) is 4.40. The average molecular weight is 254 g/mol. The summed E-state index contributed by atoms with van der Waals surface area (Å²) in [7, 11) is 0. The molecule has 0 aromatic carbocycles. The highest BCUT2D eigenvalue weighted by Gasteiger charge is 2.27. The molecule has 7 nitrogen and oxygen atoms in total. The molecule has 17 heavy (non-hydrogen) atoms. The van der Waals surface area contributed by atoms with Crippen LogP contribution in [0.2, 0.25) is 0 Å². The van der Waals surface area contributed by atoms with E-state index in [1.807, 2.05) is 10.9 Å². The van der Waals surface area contributed by atoms with Gasteiger partial charge in [0.25, 0.3) is 0 Å². The second-order valence-electron chi connectivity index (χ2n) is 4.12. The van der Waals surface area contributed by atoms with Crippen LogP contribution in [0.4, 0.5) is 0 Å². The maximum atomic E-state index is 5.65. The molecule has 0 radical (unpaired) electrons. The first-order valence-corrected chi connectivity index (χ1v) is 6.12. The van der Waals surface area contributed by atoms with Gasteiger partial charge in [0.1, 0.15) is 6.54 Å². The highest BCUT2D eigenvalue weighted by Crippen LogP contribution is 2.34. The Morgan fingerprint density at radius 1 is 1.29 bits per heavy atom. The molecule has 1 aliphatic rings. The maximum Gasteiger partial charge on any atom is 0.173 e. The summed E-state index contributed by atoms with van der Waals surface area (Å²) in [6.07, 6.45) is 4.93. The van der Waals surface area contributed by atoms with Crippen LogP contribution in [-0.4, -0.2) is 41.1 Å². The Morgan fingerprint density at radius 2 is 2.18 bits per heavy atom. The summed E-state index contributed by atoms with van der Waals surface area (Å²) in [4.78, 5) is 0. The Morgan fingerprint density at radius 3 is 2.94 bits per heavy atom. The molecule has 1 saturated carbocycles. The van der Waals surface area contributed by atoms with Gasteiger partial charge >= 0.3 is 0 Å². The molecule has 8 heteroatoms. The van der Waals surface area contributed by atoms with Gasteiger partial charge in [-0.25, -0.2) is 9.36 Å². The molecule has 1 fully saturated rings. The Bertz CT molecular complexity index is 501. The van der Waals surface area contributed by atoms with Crippen molar-refractivity contribution >= 4 is 11.6 Å². The van der Waals surface area contributed by atoms with Crippen LogP contribution in [-0.2, 0) is 13.0 Å². The fourth-order valence-electron chi connectivity index (χ4n) is 1.69. The summed E-state index contributed by atoms with van der Waals surface area (Å²) < 4.78 is 3.62. The highest BCUT2D eigenvalue weighted by atomic mass is 35.5. The van der Waals surface area contributed by atoms with Gasteiger partial charge in [0.15, 0.2) is 5.82 Å². The van der Waals surface area contributed by atoms with Gasteiger partial charge in [0.05, 0.1) is 11.7 Å². The van der Waals surface area contributed by atoms with Gasteiger partial charge in [-0.3, -0.25) is 0 Å². The van der Waals surface area contributed by atoms with Crippen LogP contribution in [0, 0.1) is 0 Å². The first kappa shape index (κ1) is 10.6. The second-order valence-corrected chi connectivity index (χ2v) is 4.50. The Kier molecular flexibility index (Phi) is 2.76. The van der Waals surface area contributed by atoms with Crippen molar-refractivity contribution in [3.8, 4) is 0 Å². The molecule has 0 aliphatic heterocycles. The summed E-state index contributed by atoms with van der Waals surface area (Å²) in [5.41, 5.74) is 0.894. The van der Waals surface area contributed by atoms with Gasteiger partial charge in [-0.05, 0) is 23.3 Å². The molecule has 0 N–H and O–H groups in total. The van der Waals surface area contributed by atoms with Crippen molar-refractivity contribution in [1.82, 2.24) is 35.2 Å². The van der Waals surface area contributed by atoms with E-state index < -0.39 is 0 Å². The van der Waals surface area contributed by atoms with E-state index in [9.17, 15) is 0 Å². The van der Waals surface area contributed by atoms with E-state index in [0.29, 0.717) is 18.5 Å². The van der Waals surface area contributed by atoms with Crippen LogP contribution in [0.1, 0.15) is 30.4 Å². The topological polar surface area (TPSA) is 74.3 Å². The van der Waals surface area contributed by atoms with Gasteiger partial charge in [-0.1, -0.05) is 5.21 Å². The monoisotopic (exact) mass is 253 g/mol. The van der Waals surface area contributed by atoms with Gasteiger partial charge in [0.2, 0.25) is 0 Å². The number of tetrazole rings is 1. The molecule has 0 amide bonds. The molecule has 0 atom stereocenters. The molecular weight excluding hydrogens is 242 g/mol. The van der Waals surface area contributed by atoms with Crippen LogP contribution >= 0.6 is 11.6 Å². The average Bonchev–Trinajstić information content (AvgIpc) is 2.91. The zero-order valence-corrected chi connectivity index (χ0v) is 9.95. The smallest absolute Gasteiger partial charge is 0.173 e. The lowest BCUT2D eigenvalue weighted by Gasteiger charge is -2.01. The number of aromatic nitrogens is 7. The van der Waals surface area contributed by atoms with Crippen molar-refractivity contribution < 1.29 is 0 Å². The number of halogens is 1. The molecule has 2 aromatic heterocycles. The molecule has 3 rings (SSSR count). The standard InChI is InChI=1S/C9H12ClN7/c10-4-3-7-5-16(14-11-7)6-9-12-13-15-17(9)8-1-2-8/h5,8H,1-4,6H2. The third kappa shape index (κ3) is 2.28. The van der Waals surface area contributed by atoms with Crippen molar-refractivity contribution in [1.29, 1.82) is 0 Å². The van der Waals surface area contributed by atoms with Gasteiger partial charge in [0, 0.05) is 18.5 Å². The number of aryl methyl sites for hydroxylation is 1. The minimum Gasteiger partial charge on any atom is -0.245 e. The highest BCUT2D eigenvalue weighted by molar-refractivity contribution is 6.17. The summed E-state index contributed by atoms with van der Waals surface area (Å²) in [5.74, 6) is 1.38. The van der Waals surface area contributed by atoms with Crippen LogP contribution in [0.25, 0.3) is 0 Å². The minimum atomic E-state index is 0.478. The lowest BCUT2D eigenvalue weighted by atomic mass is 10.4. The third-order valence-electron chi connectivity index (χ3n) is 2.69. The van der Waals surface area contributed by atoms with E-state index >= 15 is 0 Å². The first-order chi connectivity index (χ1) is 8.36. The molecule has 1 aliphatic carbocycles. The van der Waals surface area contributed by atoms with E-state index in [1.165, 1.54) is 0 Å². The number of nitrogens with zero attached hydrogens (tertiary/aromatic N) is 7. The third-order valence-corrected chi connectivity index (χ3v) is 2.88. The van der Waals surface area contributed by atoms with E-state index in [4.69, 9.17) is 11.6 Å². The SMILES string of the molecule is ClCCc1cn(Cc2nnnn2C2CC2)nn1. The van der Waals surface area contributed by atoms with Crippen molar-refractivity contribution in [3.05, 3.63) is 17.7 Å².